The Bertz CT molecular complexity index is 287. The molecule has 0 aromatic heterocycles. The molecule has 3 nitrogen and oxygen atoms in total. The number of carbonyl (C=O) groups excluding carboxylic acids is 1. The maximum absolute atomic E-state index is 12.3. The third-order valence-corrected chi connectivity index (χ3v) is 4.11. The Labute approximate surface area is 103 Å². The van der Waals surface area contributed by atoms with Crippen LogP contribution in [0.4, 0.5) is 0 Å². The van der Waals surface area contributed by atoms with Gasteiger partial charge in [0.25, 0.3) is 0 Å². The minimum Gasteiger partial charge on any atom is -0.392 e. The lowest BCUT2D eigenvalue weighted by Crippen LogP contribution is -2.54. The van der Waals surface area contributed by atoms with E-state index in [2.05, 4.69) is 13.8 Å². The Kier molecular flexibility index (Phi) is 4.30. The molecule has 1 amide bonds. The van der Waals surface area contributed by atoms with Gasteiger partial charge in [-0.3, -0.25) is 4.79 Å². The maximum Gasteiger partial charge on any atom is 0.235 e. The van der Waals surface area contributed by atoms with Crippen molar-refractivity contribution >= 4 is 23.1 Å². The standard InChI is InChI=1S/C12H22N2OS/c1-4-9(2)8-14(3)11(15)12(10(13)16)6-5-7-12/h9H,4-8H2,1-3H3,(H2,13,16). The fourth-order valence-corrected chi connectivity index (χ4v) is 2.43. The predicted octanol–water partition coefficient (Wildman–Crippen LogP) is 1.95. The van der Waals surface area contributed by atoms with E-state index < -0.39 is 5.41 Å². The molecular weight excluding hydrogens is 220 g/mol. The number of nitrogens with two attached hydrogens (primary N) is 1. The van der Waals surface area contributed by atoms with Crippen molar-refractivity contribution < 1.29 is 4.79 Å². The molecule has 1 saturated carbocycles. The molecule has 1 atom stereocenters. The highest BCUT2D eigenvalue weighted by atomic mass is 32.1. The van der Waals surface area contributed by atoms with E-state index in [0.29, 0.717) is 10.9 Å². The van der Waals surface area contributed by atoms with Gasteiger partial charge >= 0.3 is 0 Å². The lowest BCUT2D eigenvalue weighted by Gasteiger charge is -2.42. The van der Waals surface area contributed by atoms with Crippen molar-refractivity contribution in [2.75, 3.05) is 13.6 Å². The van der Waals surface area contributed by atoms with E-state index >= 15 is 0 Å². The summed E-state index contributed by atoms with van der Waals surface area (Å²) in [6.45, 7) is 5.08. The Morgan fingerprint density at radius 1 is 1.56 bits per heavy atom. The van der Waals surface area contributed by atoms with E-state index in [4.69, 9.17) is 18.0 Å². The number of nitrogens with zero attached hydrogens (tertiary/aromatic N) is 1. The first-order valence-corrected chi connectivity index (χ1v) is 6.40. The van der Waals surface area contributed by atoms with Crippen molar-refractivity contribution in [3.8, 4) is 0 Å². The highest BCUT2D eigenvalue weighted by Crippen LogP contribution is 2.42. The molecule has 1 aliphatic carbocycles. The van der Waals surface area contributed by atoms with Gasteiger partial charge in [0.1, 0.15) is 0 Å². The lowest BCUT2D eigenvalue weighted by atomic mass is 9.67. The second-order valence-corrected chi connectivity index (χ2v) is 5.44. The van der Waals surface area contributed by atoms with Crippen LogP contribution in [0.15, 0.2) is 0 Å². The average molecular weight is 242 g/mol. The van der Waals surface area contributed by atoms with Gasteiger partial charge in [-0.1, -0.05) is 38.9 Å². The van der Waals surface area contributed by atoms with Gasteiger partial charge in [-0.2, -0.15) is 0 Å². The zero-order valence-electron chi connectivity index (χ0n) is 10.5. The van der Waals surface area contributed by atoms with Crippen molar-refractivity contribution in [1.29, 1.82) is 0 Å². The third kappa shape index (κ3) is 2.37. The van der Waals surface area contributed by atoms with Crippen LogP contribution < -0.4 is 5.73 Å². The van der Waals surface area contributed by atoms with Gasteiger partial charge in [0.15, 0.2) is 0 Å². The van der Waals surface area contributed by atoms with E-state index in [-0.39, 0.29) is 5.91 Å². The molecule has 0 radical (unpaired) electrons. The summed E-state index contributed by atoms with van der Waals surface area (Å²) in [6.07, 6.45) is 3.79. The molecule has 16 heavy (non-hydrogen) atoms. The van der Waals surface area contributed by atoms with E-state index in [1.54, 1.807) is 4.90 Å². The quantitative estimate of drug-likeness (QED) is 0.750. The molecular formula is C12H22N2OS. The number of hydrogen-bond donors (Lipinski definition) is 1. The molecule has 1 unspecified atom stereocenters. The van der Waals surface area contributed by atoms with E-state index in [1.807, 2.05) is 7.05 Å². The van der Waals surface area contributed by atoms with Crippen molar-refractivity contribution in [3.05, 3.63) is 0 Å². The molecule has 0 saturated heterocycles. The van der Waals surface area contributed by atoms with Crippen molar-refractivity contribution in [3.63, 3.8) is 0 Å². The van der Waals surface area contributed by atoms with Crippen LogP contribution in [0.25, 0.3) is 0 Å². The number of amides is 1. The molecule has 0 heterocycles. The number of carbonyl (C=O) groups is 1. The largest absolute Gasteiger partial charge is 0.392 e. The zero-order valence-corrected chi connectivity index (χ0v) is 11.3. The molecule has 0 aromatic rings. The monoisotopic (exact) mass is 242 g/mol. The molecule has 1 fully saturated rings. The molecule has 4 heteroatoms. The Balaban J connectivity index is 2.65. The fraction of sp³-hybridized carbons (Fsp3) is 0.833. The summed E-state index contributed by atoms with van der Waals surface area (Å²) >= 11 is 5.05. The minimum atomic E-state index is -0.516. The molecule has 1 aliphatic rings. The van der Waals surface area contributed by atoms with Gasteiger partial charge in [0, 0.05) is 13.6 Å². The van der Waals surface area contributed by atoms with Gasteiger partial charge in [-0.05, 0) is 18.8 Å². The maximum atomic E-state index is 12.3. The van der Waals surface area contributed by atoms with E-state index in [0.717, 1.165) is 32.2 Å². The Morgan fingerprint density at radius 3 is 2.44 bits per heavy atom. The summed E-state index contributed by atoms with van der Waals surface area (Å²) in [5.74, 6) is 0.643. The molecule has 2 N–H and O–H groups in total. The van der Waals surface area contributed by atoms with Gasteiger partial charge in [0.2, 0.25) is 5.91 Å². The van der Waals surface area contributed by atoms with Crippen LogP contribution in [0.2, 0.25) is 0 Å². The van der Waals surface area contributed by atoms with Crippen LogP contribution in [-0.2, 0) is 4.79 Å². The van der Waals surface area contributed by atoms with Crippen molar-refractivity contribution in [2.45, 2.75) is 39.5 Å². The Hall–Kier alpha value is -0.640. The summed E-state index contributed by atoms with van der Waals surface area (Å²) in [5, 5.41) is 0. The summed E-state index contributed by atoms with van der Waals surface area (Å²) in [6, 6.07) is 0. The highest BCUT2D eigenvalue weighted by molar-refractivity contribution is 7.80. The Morgan fingerprint density at radius 2 is 2.12 bits per heavy atom. The lowest BCUT2D eigenvalue weighted by molar-refractivity contribution is -0.141. The van der Waals surface area contributed by atoms with E-state index in [9.17, 15) is 4.79 Å². The first kappa shape index (κ1) is 13.4. The predicted molar refractivity (Wildman–Crippen MR) is 70.2 cm³/mol. The molecule has 1 rings (SSSR count). The second-order valence-electron chi connectivity index (χ2n) is 5.00. The summed E-state index contributed by atoms with van der Waals surface area (Å²) < 4.78 is 0. The second kappa shape index (κ2) is 5.13. The average Bonchev–Trinajstić information content (AvgIpc) is 2.14. The van der Waals surface area contributed by atoms with Crippen molar-refractivity contribution in [2.24, 2.45) is 17.1 Å². The first-order valence-electron chi connectivity index (χ1n) is 5.99. The van der Waals surface area contributed by atoms with Crippen LogP contribution in [-0.4, -0.2) is 29.4 Å². The van der Waals surface area contributed by atoms with Crippen molar-refractivity contribution in [1.82, 2.24) is 4.90 Å². The topological polar surface area (TPSA) is 46.3 Å². The molecule has 0 aromatic carbocycles. The normalized spacial score (nSPS) is 19.7. The van der Waals surface area contributed by atoms with E-state index in [1.165, 1.54) is 0 Å². The summed E-state index contributed by atoms with van der Waals surface area (Å²) in [4.78, 5) is 14.5. The number of rotatable bonds is 5. The van der Waals surface area contributed by atoms with Crippen LogP contribution in [0, 0.1) is 11.3 Å². The van der Waals surface area contributed by atoms with Crippen LogP contribution in [0.5, 0.6) is 0 Å². The summed E-state index contributed by atoms with van der Waals surface area (Å²) in [5.41, 5.74) is 5.20. The minimum absolute atomic E-state index is 0.117. The van der Waals surface area contributed by atoms with Gasteiger partial charge in [0.05, 0.1) is 10.4 Å². The van der Waals surface area contributed by atoms with Gasteiger partial charge in [-0.15, -0.1) is 0 Å². The molecule has 0 spiro atoms. The molecule has 92 valence electrons. The van der Waals surface area contributed by atoms with Gasteiger partial charge in [-0.25, -0.2) is 0 Å². The first-order chi connectivity index (χ1) is 7.44. The van der Waals surface area contributed by atoms with Crippen LogP contribution >= 0.6 is 12.2 Å². The number of hydrogen-bond acceptors (Lipinski definition) is 2. The number of thiocarbonyl (C=S) groups is 1. The fourth-order valence-electron chi connectivity index (χ4n) is 2.14. The summed E-state index contributed by atoms with van der Waals surface area (Å²) in [7, 11) is 1.85. The smallest absolute Gasteiger partial charge is 0.235 e. The van der Waals surface area contributed by atoms with Crippen LogP contribution in [0.3, 0.4) is 0 Å². The van der Waals surface area contributed by atoms with Gasteiger partial charge < -0.3 is 10.6 Å². The van der Waals surface area contributed by atoms with Crippen LogP contribution in [0.1, 0.15) is 39.5 Å². The molecule has 0 bridgehead atoms. The third-order valence-electron chi connectivity index (χ3n) is 3.72. The SMILES string of the molecule is CCC(C)CN(C)C(=O)C1(C(N)=S)CCC1. The zero-order chi connectivity index (χ0) is 12.3. The molecule has 0 aliphatic heterocycles. The highest BCUT2D eigenvalue weighted by Gasteiger charge is 2.48.